The molecule has 3 rings (SSSR count). The normalized spacial score (nSPS) is 12.3. The molecule has 7 heteroatoms. The summed E-state index contributed by atoms with van der Waals surface area (Å²) in [6.45, 7) is 4.20. The number of amides is 1. The first-order valence-corrected chi connectivity index (χ1v) is 10.2. The van der Waals surface area contributed by atoms with Crippen molar-refractivity contribution in [3.63, 3.8) is 0 Å². The zero-order chi connectivity index (χ0) is 18.5. The predicted molar refractivity (Wildman–Crippen MR) is 107 cm³/mol. The van der Waals surface area contributed by atoms with Gasteiger partial charge in [0.1, 0.15) is 17.1 Å². The standard InChI is InChI=1S/C19H21N3O2S2/c1-12(2)17(13-4-6-14(24-3)7-5-13)22-16(23)10-26-19-18-15(8-9-25-18)20-11-21-19/h4-9,11-12,17H,10H2,1-3H3,(H,22,23). The fraction of sp³-hybridized carbons (Fsp3) is 0.316. The lowest BCUT2D eigenvalue weighted by molar-refractivity contribution is -0.119. The van der Waals surface area contributed by atoms with E-state index >= 15 is 0 Å². The van der Waals surface area contributed by atoms with Gasteiger partial charge in [-0.2, -0.15) is 0 Å². The van der Waals surface area contributed by atoms with Crippen molar-refractivity contribution in [2.75, 3.05) is 12.9 Å². The monoisotopic (exact) mass is 387 g/mol. The first-order chi connectivity index (χ1) is 12.6. The van der Waals surface area contributed by atoms with Crippen LogP contribution in [0.15, 0.2) is 47.1 Å². The van der Waals surface area contributed by atoms with Crippen LogP contribution in [0.3, 0.4) is 0 Å². The average Bonchev–Trinajstić information content (AvgIpc) is 3.13. The second-order valence-electron chi connectivity index (χ2n) is 6.16. The van der Waals surface area contributed by atoms with Crippen molar-refractivity contribution >= 4 is 39.2 Å². The minimum absolute atomic E-state index is 0.00663. The third-order valence-electron chi connectivity index (χ3n) is 4.01. The molecule has 3 aromatic rings. The van der Waals surface area contributed by atoms with E-state index in [0.717, 1.165) is 26.6 Å². The molecule has 2 heterocycles. The maximum absolute atomic E-state index is 12.5. The molecule has 1 amide bonds. The Hall–Kier alpha value is -2.12. The minimum atomic E-state index is -0.0406. The van der Waals surface area contributed by atoms with Gasteiger partial charge in [0.25, 0.3) is 0 Å². The van der Waals surface area contributed by atoms with Crippen LogP contribution < -0.4 is 10.1 Å². The highest BCUT2D eigenvalue weighted by Gasteiger charge is 2.19. The number of thioether (sulfide) groups is 1. The first kappa shape index (κ1) is 18.7. The molecule has 136 valence electrons. The van der Waals surface area contributed by atoms with Crippen molar-refractivity contribution in [1.82, 2.24) is 15.3 Å². The van der Waals surface area contributed by atoms with Crippen LogP contribution in [0.25, 0.3) is 10.2 Å². The van der Waals surface area contributed by atoms with E-state index in [1.807, 2.05) is 35.7 Å². The van der Waals surface area contributed by atoms with Gasteiger partial charge in [0.2, 0.25) is 5.91 Å². The molecule has 1 N–H and O–H groups in total. The molecule has 5 nitrogen and oxygen atoms in total. The number of ether oxygens (including phenoxy) is 1. The van der Waals surface area contributed by atoms with Gasteiger partial charge < -0.3 is 10.1 Å². The number of rotatable bonds is 7. The lowest BCUT2D eigenvalue weighted by Crippen LogP contribution is -2.33. The Morgan fingerprint density at radius 1 is 1.23 bits per heavy atom. The van der Waals surface area contributed by atoms with Gasteiger partial charge in [-0.1, -0.05) is 37.7 Å². The number of carbonyl (C=O) groups is 1. The molecular weight excluding hydrogens is 366 g/mol. The Balaban J connectivity index is 1.65. The predicted octanol–water partition coefficient (Wildman–Crippen LogP) is 4.31. The van der Waals surface area contributed by atoms with Crippen LogP contribution in [0, 0.1) is 5.92 Å². The number of thiophene rings is 1. The van der Waals surface area contributed by atoms with Crippen LogP contribution in [0.4, 0.5) is 0 Å². The lowest BCUT2D eigenvalue weighted by Gasteiger charge is -2.23. The quantitative estimate of drug-likeness (QED) is 0.483. The van der Waals surface area contributed by atoms with E-state index in [4.69, 9.17) is 4.74 Å². The Kier molecular flexibility index (Phi) is 6.11. The smallest absolute Gasteiger partial charge is 0.230 e. The highest BCUT2D eigenvalue weighted by Crippen LogP contribution is 2.29. The average molecular weight is 388 g/mol. The van der Waals surface area contributed by atoms with Gasteiger partial charge in [-0.05, 0) is 35.1 Å². The van der Waals surface area contributed by atoms with E-state index in [1.165, 1.54) is 11.8 Å². The number of benzene rings is 1. The summed E-state index contributed by atoms with van der Waals surface area (Å²) in [5.74, 6) is 1.40. The third kappa shape index (κ3) is 4.34. The van der Waals surface area contributed by atoms with E-state index in [2.05, 4.69) is 29.1 Å². The van der Waals surface area contributed by atoms with Gasteiger partial charge in [-0.3, -0.25) is 4.79 Å². The van der Waals surface area contributed by atoms with Crippen molar-refractivity contribution in [3.8, 4) is 5.75 Å². The van der Waals surface area contributed by atoms with Crippen LogP contribution in [0.1, 0.15) is 25.5 Å². The summed E-state index contributed by atoms with van der Waals surface area (Å²) in [5.41, 5.74) is 1.99. The topological polar surface area (TPSA) is 64.1 Å². The number of hydrogen-bond acceptors (Lipinski definition) is 6. The summed E-state index contributed by atoms with van der Waals surface area (Å²) >= 11 is 3.04. The van der Waals surface area contributed by atoms with Crippen molar-refractivity contribution in [2.24, 2.45) is 5.92 Å². The van der Waals surface area contributed by atoms with Gasteiger partial charge >= 0.3 is 0 Å². The lowest BCUT2D eigenvalue weighted by atomic mass is 9.96. The minimum Gasteiger partial charge on any atom is -0.497 e. The van der Waals surface area contributed by atoms with Crippen LogP contribution in [-0.2, 0) is 4.79 Å². The van der Waals surface area contributed by atoms with Gasteiger partial charge in [-0.15, -0.1) is 11.3 Å². The molecule has 0 spiro atoms. The molecule has 1 aromatic carbocycles. The van der Waals surface area contributed by atoms with E-state index in [1.54, 1.807) is 24.8 Å². The molecule has 2 aromatic heterocycles. The summed E-state index contributed by atoms with van der Waals surface area (Å²) in [6, 6.07) is 9.75. The molecule has 0 aliphatic heterocycles. The number of nitrogens with zero attached hydrogens (tertiary/aromatic N) is 2. The molecule has 1 unspecified atom stereocenters. The molecule has 0 aliphatic carbocycles. The van der Waals surface area contributed by atoms with E-state index < -0.39 is 0 Å². The zero-order valence-electron chi connectivity index (χ0n) is 14.9. The molecular formula is C19H21N3O2S2. The summed E-state index contributed by atoms with van der Waals surface area (Å²) in [4.78, 5) is 21.0. The molecule has 26 heavy (non-hydrogen) atoms. The number of carbonyl (C=O) groups excluding carboxylic acids is 1. The fourth-order valence-corrected chi connectivity index (χ4v) is 4.42. The van der Waals surface area contributed by atoms with Gasteiger partial charge in [0, 0.05) is 0 Å². The molecule has 0 aliphatic rings. The number of fused-ring (bicyclic) bond motifs is 1. The Bertz CT molecular complexity index is 878. The molecule has 0 saturated heterocycles. The van der Waals surface area contributed by atoms with Gasteiger partial charge in [0.05, 0.1) is 29.1 Å². The first-order valence-electron chi connectivity index (χ1n) is 8.33. The number of hydrogen-bond donors (Lipinski definition) is 1. The third-order valence-corrected chi connectivity index (χ3v) is 6.04. The Morgan fingerprint density at radius 3 is 2.69 bits per heavy atom. The van der Waals surface area contributed by atoms with E-state index in [0.29, 0.717) is 5.75 Å². The highest BCUT2D eigenvalue weighted by molar-refractivity contribution is 8.00. The second-order valence-corrected chi connectivity index (χ2v) is 8.04. The Labute approximate surface area is 161 Å². The Morgan fingerprint density at radius 2 is 2.00 bits per heavy atom. The summed E-state index contributed by atoms with van der Waals surface area (Å²) in [7, 11) is 1.64. The summed E-state index contributed by atoms with van der Waals surface area (Å²) in [5, 5.41) is 5.98. The second kappa shape index (κ2) is 8.51. The maximum Gasteiger partial charge on any atom is 0.230 e. The SMILES string of the molecule is COc1ccc(C(NC(=O)CSc2ncnc3ccsc23)C(C)C)cc1. The largest absolute Gasteiger partial charge is 0.497 e. The molecule has 0 radical (unpaired) electrons. The van der Waals surface area contributed by atoms with Crippen molar-refractivity contribution < 1.29 is 9.53 Å². The van der Waals surface area contributed by atoms with Gasteiger partial charge in [-0.25, -0.2) is 9.97 Å². The fourth-order valence-electron chi connectivity index (χ4n) is 2.66. The van der Waals surface area contributed by atoms with Crippen LogP contribution >= 0.6 is 23.1 Å². The molecule has 0 saturated carbocycles. The number of methoxy groups -OCH3 is 1. The van der Waals surface area contributed by atoms with Crippen LogP contribution in [0.2, 0.25) is 0 Å². The molecule has 1 atom stereocenters. The summed E-state index contributed by atoms with van der Waals surface area (Å²) < 4.78 is 6.23. The van der Waals surface area contributed by atoms with E-state index in [9.17, 15) is 4.79 Å². The summed E-state index contributed by atoms with van der Waals surface area (Å²) in [6.07, 6.45) is 1.55. The maximum atomic E-state index is 12.5. The number of aromatic nitrogens is 2. The molecule has 0 fully saturated rings. The number of nitrogens with one attached hydrogen (secondary N) is 1. The highest BCUT2D eigenvalue weighted by atomic mass is 32.2. The van der Waals surface area contributed by atoms with Crippen LogP contribution in [-0.4, -0.2) is 28.7 Å². The van der Waals surface area contributed by atoms with Gasteiger partial charge in [0.15, 0.2) is 0 Å². The van der Waals surface area contributed by atoms with Crippen molar-refractivity contribution in [2.45, 2.75) is 24.9 Å². The van der Waals surface area contributed by atoms with Crippen molar-refractivity contribution in [3.05, 3.63) is 47.6 Å². The van der Waals surface area contributed by atoms with Crippen molar-refractivity contribution in [1.29, 1.82) is 0 Å². The zero-order valence-corrected chi connectivity index (χ0v) is 16.6. The van der Waals surface area contributed by atoms with E-state index in [-0.39, 0.29) is 17.9 Å². The molecule has 0 bridgehead atoms. The van der Waals surface area contributed by atoms with Crippen LogP contribution in [0.5, 0.6) is 5.75 Å².